The van der Waals surface area contributed by atoms with Gasteiger partial charge < -0.3 is 9.80 Å². The number of rotatable bonds is 4. The molecule has 3 aromatic rings. The van der Waals surface area contributed by atoms with Crippen molar-refractivity contribution in [2.24, 2.45) is 0 Å². The van der Waals surface area contributed by atoms with Crippen molar-refractivity contribution in [3.05, 3.63) is 60.4 Å². The first-order valence-electron chi connectivity index (χ1n) is 8.94. The Kier molecular flexibility index (Phi) is 4.78. The third-order valence-electron chi connectivity index (χ3n) is 4.69. The Morgan fingerprint density at radius 1 is 1.04 bits per heavy atom. The van der Waals surface area contributed by atoms with Gasteiger partial charge in [-0.25, -0.2) is 19.6 Å². The first-order valence-corrected chi connectivity index (χ1v) is 8.94. The predicted molar refractivity (Wildman–Crippen MR) is 101 cm³/mol. The molecule has 0 atom stereocenters. The number of hydrogen-bond acceptors (Lipinski definition) is 6. The molecule has 1 aliphatic heterocycles. The quantitative estimate of drug-likeness (QED) is 0.694. The van der Waals surface area contributed by atoms with Crippen LogP contribution >= 0.6 is 0 Å². The summed E-state index contributed by atoms with van der Waals surface area (Å²) in [6.45, 7) is 4.91. The molecule has 8 heteroatoms. The number of anilines is 1. The number of benzene rings is 1. The lowest BCUT2D eigenvalue weighted by Crippen LogP contribution is -2.49. The van der Waals surface area contributed by atoms with Gasteiger partial charge in [-0.15, -0.1) is 0 Å². The summed E-state index contributed by atoms with van der Waals surface area (Å²) < 4.78 is 1.60. The van der Waals surface area contributed by atoms with Crippen molar-refractivity contribution < 1.29 is 4.79 Å². The van der Waals surface area contributed by atoms with Crippen LogP contribution in [0.15, 0.2) is 49.3 Å². The number of aromatic nitrogens is 5. The zero-order valence-corrected chi connectivity index (χ0v) is 15.2. The molecule has 1 aromatic carbocycles. The van der Waals surface area contributed by atoms with E-state index in [4.69, 9.17) is 0 Å². The van der Waals surface area contributed by atoms with Gasteiger partial charge in [0.25, 0.3) is 0 Å². The van der Waals surface area contributed by atoms with Gasteiger partial charge >= 0.3 is 0 Å². The fraction of sp³-hybridized carbons (Fsp3) is 0.316. The zero-order chi connectivity index (χ0) is 18.6. The molecule has 0 radical (unpaired) electrons. The van der Waals surface area contributed by atoms with Crippen molar-refractivity contribution >= 4 is 11.7 Å². The second-order valence-corrected chi connectivity index (χ2v) is 6.61. The minimum Gasteiger partial charge on any atom is -0.353 e. The molecule has 0 spiro atoms. The van der Waals surface area contributed by atoms with Crippen molar-refractivity contribution in [1.82, 2.24) is 29.6 Å². The number of aryl methyl sites for hydroxylation is 1. The molecule has 0 N–H and O–H groups in total. The molecular weight excluding hydrogens is 342 g/mol. The van der Waals surface area contributed by atoms with Crippen molar-refractivity contribution in [3.8, 4) is 5.82 Å². The van der Waals surface area contributed by atoms with E-state index < -0.39 is 0 Å². The summed E-state index contributed by atoms with van der Waals surface area (Å²) in [5, 5.41) is 4.10. The fourth-order valence-corrected chi connectivity index (χ4v) is 3.26. The molecule has 1 aliphatic rings. The van der Waals surface area contributed by atoms with Gasteiger partial charge in [0, 0.05) is 32.2 Å². The van der Waals surface area contributed by atoms with E-state index in [1.165, 1.54) is 18.2 Å². The minimum atomic E-state index is 0.172. The average molecular weight is 363 g/mol. The van der Waals surface area contributed by atoms with Crippen molar-refractivity contribution in [2.75, 3.05) is 31.1 Å². The summed E-state index contributed by atoms with van der Waals surface area (Å²) in [5.41, 5.74) is 2.24. The van der Waals surface area contributed by atoms with Gasteiger partial charge in [-0.2, -0.15) is 5.10 Å². The Bertz CT molecular complexity index is 917. The maximum absolute atomic E-state index is 12.6. The van der Waals surface area contributed by atoms with E-state index in [-0.39, 0.29) is 5.91 Å². The van der Waals surface area contributed by atoms with Gasteiger partial charge in [0.15, 0.2) is 5.82 Å². The lowest BCUT2D eigenvalue weighted by atomic mass is 10.1. The highest BCUT2D eigenvalue weighted by Crippen LogP contribution is 2.16. The molecule has 8 nitrogen and oxygen atoms in total. The molecule has 138 valence electrons. The third-order valence-corrected chi connectivity index (χ3v) is 4.69. The van der Waals surface area contributed by atoms with E-state index >= 15 is 0 Å². The minimum absolute atomic E-state index is 0.172. The standard InChI is InChI=1S/C19H21N7O/c1-15-3-2-4-16(9-15)10-19(27)25-7-5-24(6-8-25)17-11-18(22-13-21-17)26-14-20-12-23-26/h2-4,9,11-14H,5-8,10H2,1H3. The van der Waals surface area contributed by atoms with Gasteiger partial charge in [0.05, 0.1) is 6.42 Å². The molecule has 0 unspecified atom stereocenters. The highest BCUT2D eigenvalue weighted by Gasteiger charge is 2.22. The monoisotopic (exact) mass is 363 g/mol. The van der Waals surface area contributed by atoms with E-state index in [1.54, 1.807) is 11.0 Å². The van der Waals surface area contributed by atoms with Crippen LogP contribution < -0.4 is 4.90 Å². The van der Waals surface area contributed by atoms with Crippen LogP contribution in [0, 0.1) is 6.92 Å². The van der Waals surface area contributed by atoms with E-state index in [1.807, 2.05) is 36.1 Å². The van der Waals surface area contributed by atoms with Crippen LogP contribution in [0.25, 0.3) is 5.82 Å². The molecule has 0 bridgehead atoms. The maximum atomic E-state index is 12.6. The molecule has 3 heterocycles. The Morgan fingerprint density at radius 3 is 2.59 bits per heavy atom. The Balaban J connectivity index is 1.37. The van der Waals surface area contributed by atoms with E-state index in [9.17, 15) is 4.79 Å². The molecule has 4 rings (SSSR count). The van der Waals surface area contributed by atoms with Gasteiger partial charge in [0.1, 0.15) is 24.8 Å². The smallest absolute Gasteiger partial charge is 0.227 e. The summed E-state index contributed by atoms with van der Waals surface area (Å²) in [7, 11) is 0. The number of carbonyl (C=O) groups excluding carboxylic acids is 1. The zero-order valence-electron chi connectivity index (χ0n) is 15.2. The second kappa shape index (κ2) is 7.53. The summed E-state index contributed by atoms with van der Waals surface area (Å²) in [6.07, 6.45) is 5.06. The summed E-state index contributed by atoms with van der Waals surface area (Å²) in [5.74, 6) is 1.68. The second-order valence-electron chi connectivity index (χ2n) is 6.61. The van der Waals surface area contributed by atoms with Crippen molar-refractivity contribution in [1.29, 1.82) is 0 Å². The Labute approximate surface area is 157 Å². The van der Waals surface area contributed by atoms with Crippen LogP contribution in [-0.2, 0) is 11.2 Å². The lowest BCUT2D eigenvalue weighted by Gasteiger charge is -2.35. The first-order chi connectivity index (χ1) is 13.2. The van der Waals surface area contributed by atoms with Crippen molar-refractivity contribution in [2.45, 2.75) is 13.3 Å². The average Bonchev–Trinajstić information content (AvgIpc) is 3.23. The van der Waals surface area contributed by atoms with Gasteiger partial charge in [0.2, 0.25) is 5.91 Å². The predicted octanol–water partition coefficient (Wildman–Crippen LogP) is 1.26. The summed E-state index contributed by atoms with van der Waals surface area (Å²) in [6, 6.07) is 10.0. The number of hydrogen-bond donors (Lipinski definition) is 0. The summed E-state index contributed by atoms with van der Waals surface area (Å²) >= 11 is 0. The largest absolute Gasteiger partial charge is 0.353 e. The number of amides is 1. The SMILES string of the molecule is Cc1cccc(CC(=O)N2CCN(c3cc(-n4cncn4)ncn3)CC2)c1. The molecule has 1 amide bonds. The number of nitrogens with zero attached hydrogens (tertiary/aromatic N) is 7. The summed E-state index contributed by atoms with van der Waals surface area (Å²) in [4.78, 5) is 29.2. The van der Waals surface area contributed by atoms with Crippen LogP contribution in [0.2, 0.25) is 0 Å². The Hall–Kier alpha value is -3.29. The highest BCUT2D eigenvalue weighted by molar-refractivity contribution is 5.79. The Morgan fingerprint density at radius 2 is 1.85 bits per heavy atom. The lowest BCUT2D eigenvalue weighted by molar-refractivity contribution is -0.130. The number of piperazine rings is 1. The molecule has 0 aliphatic carbocycles. The third kappa shape index (κ3) is 3.94. The first kappa shape index (κ1) is 17.1. The van der Waals surface area contributed by atoms with Crippen molar-refractivity contribution in [3.63, 3.8) is 0 Å². The van der Waals surface area contributed by atoms with Crippen LogP contribution in [0.3, 0.4) is 0 Å². The fourth-order valence-electron chi connectivity index (χ4n) is 3.26. The maximum Gasteiger partial charge on any atom is 0.227 e. The number of carbonyl (C=O) groups is 1. The van der Waals surface area contributed by atoms with Crippen LogP contribution in [-0.4, -0.2) is 61.7 Å². The van der Waals surface area contributed by atoms with Gasteiger partial charge in [-0.05, 0) is 12.5 Å². The van der Waals surface area contributed by atoms with Gasteiger partial charge in [-0.3, -0.25) is 4.79 Å². The highest BCUT2D eigenvalue weighted by atomic mass is 16.2. The van der Waals surface area contributed by atoms with Gasteiger partial charge in [-0.1, -0.05) is 29.8 Å². The molecular formula is C19H21N7O. The van der Waals surface area contributed by atoms with Crippen LogP contribution in [0.4, 0.5) is 5.82 Å². The van der Waals surface area contributed by atoms with E-state index in [0.29, 0.717) is 25.3 Å². The molecule has 1 fully saturated rings. The van der Waals surface area contributed by atoms with E-state index in [0.717, 1.165) is 24.5 Å². The topological polar surface area (TPSA) is 80.0 Å². The van der Waals surface area contributed by atoms with E-state index in [2.05, 4.69) is 31.0 Å². The van der Waals surface area contributed by atoms with Crippen LogP contribution in [0.5, 0.6) is 0 Å². The molecule has 0 saturated carbocycles. The molecule has 27 heavy (non-hydrogen) atoms. The molecule has 1 saturated heterocycles. The van der Waals surface area contributed by atoms with Crippen LogP contribution in [0.1, 0.15) is 11.1 Å². The normalized spacial score (nSPS) is 14.4. The molecule has 2 aromatic heterocycles.